The monoisotopic (exact) mass is 1430 g/mol. The number of ketones is 1. The fourth-order valence-electron chi connectivity index (χ4n) is 12.8. The van der Waals surface area contributed by atoms with Gasteiger partial charge in [0, 0.05) is 97.1 Å². The molecule has 8 atom stereocenters. The van der Waals surface area contributed by atoms with Gasteiger partial charge >= 0.3 is 5.97 Å². The standard InChI is InChI=1S/C72H85F2N13O12S2/c1-41-8-5-9-42(24-41)26-60-71(99)87-22-7-20-72(87,2)61(88)29-48(65(76)93)39-101-38-44-11-6-10-43(25-44)37-100-23-19-62(89)81-55(12-3-4-21-75)66(94)79-36-63(90)82-56(28-47-34-78-54-18-17-50(74)31-53(47)54)67(95)83-57(27-46-14-13-45-15-16-49(73)30-52(45)46)68(96)85-59(33-64(91)92)70(98)84-58(69(97)86-60)32-51-35-77-40-80-51/h5-6,8-11,14-18,24-25,30-31,34-35,40,48,55-60,78H,3-4,7,12-13,19-23,26-29,32-33,36-39,75H2,1-2H3,(H2,76,93)(H,77,80)(H,79,94)(H,81,89)(H,82,90)(H,83,95)(H,84,98)(H,85,96)(H,86,97)(H,91,92)/t48-,55-,56-,57-,58-,59-,60-,72-/m0/s1. The van der Waals surface area contributed by atoms with Gasteiger partial charge < -0.3 is 68.7 Å². The number of unbranched alkanes of at least 4 members (excludes halogenated alkanes) is 1. The molecule has 29 heteroatoms. The van der Waals surface area contributed by atoms with E-state index in [1.807, 2.05) is 43.3 Å². The zero-order valence-corrected chi connectivity index (χ0v) is 57.8. The number of aromatic amines is 2. The molecule has 1 saturated heterocycles. The third-order valence-corrected chi connectivity index (χ3v) is 20.5. The van der Waals surface area contributed by atoms with Crippen LogP contribution in [-0.4, -0.2) is 163 Å². The van der Waals surface area contributed by atoms with E-state index in [2.05, 4.69) is 52.2 Å². The molecule has 4 heterocycles. The van der Waals surface area contributed by atoms with Crippen molar-refractivity contribution in [3.8, 4) is 0 Å². The Kier molecular flexibility index (Phi) is 26.5. The van der Waals surface area contributed by atoms with Gasteiger partial charge in [-0.3, -0.25) is 52.7 Å². The number of thioether (sulfide) groups is 2. The van der Waals surface area contributed by atoms with Crippen molar-refractivity contribution in [3.63, 3.8) is 0 Å². The van der Waals surface area contributed by atoms with Gasteiger partial charge in [-0.15, -0.1) is 0 Å². The number of aryl methyl sites for hydroxylation is 1. The number of amides is 9. The van der Waals surface area contributed by atoms with Gasteiger partial charge in [-0.2, -0.15) is 23.5 Å². The number of H-pyrrole nitrogens is 2. The van der Waals surface area contributed by atoms with E-state index in [9.17, 15) is 43.1 Å². The minimum Gasteiger partial charge on any atom is -0.481 e. The van der Waals surface area contributed by atoms with Crippen LogP contribution in [0.5, 0.6) is 0 Å². The van der Waals surface area contributed by atoms with Crippen molar-refractivity contribution in [2.45, 2.75) is 151 Å². The smallest absolute Gasteiger partial charge is 0.305 e. The molecule has 0 spiro atoms. The minimum atomic E-state index is -2.00. The van der Waals surface area contributed by atoms with Crippen molar-refractivity contribution in [1.29, 1.82) is 0 Å². The van der Waals surface area contributed by atoms with Crippen LogP contribution >= 0.6 is 23.5 Å². The van der Waals surface area contributed by atoms with Crippen LogP contribution in [0.15, 0.2) is 110 Å². The average Bonchev–Trinajstić information content (AvgIpc) is 1.69. The zero-order chi connectivity index (χ0) is 72.3. The van der Waals surface area contributed by atoms with Crippen LogP contribution in [0.2, 0.25) is 0 Å². The lowest BCUT2D eigenvalue weighted by atomic mass is 9.86. The molecule has 2 bridgehead atoms. The highest BCUT2D eigenvalue weighted by Crippen LogP contribution is 2.35. The normalized spacial score (nSPS) is 23.2. The number of benzene rings is 4. The molecule has 0 unspecified atom stereocenters. The number of aromatic nitrogens is 3. The molecular formula is C72H85F2N13O12S2. The maximum absolute atomic E-state index is 15.3. The van der Waals surface area contributed by atoms with Crippen LogP contribution in [-0.2, 0) is 89.9 Å². The number of carboxylic acids is 1. The molecule has 25 nitrogen and oxygen atoms in total. The molecule has 1 fully saturated rings. The molecule has 4 aromatic carbocycles. The first-order valence-electron chi connectivity index (χ1n) is 33.6. The number of fused-ring (bicyclic) bond motifs is 5. The number of imidazole rings is 1. The van der Waals surface area contributed by atoms with Gasteiger partial charge in [-0.25, -0.2) is 13.8 Å². The van der Waals surface area contributed by atoms with E-state index < -0.39 is 144 Å². The number of rotatable bonds is 15. The maximum Gasteiger partial charge on any atom is 0.305 e. The Balaban J connectivity index is 1.06. The number of carboxylic acid groups (broad SMARTS) is 1. The van der Waals surface area contributed by atoms with Crippen molar-refractivity contribution in [2.75, 3.05) is 31.1 Å². The summed E-state index contributed by atoms with van der Waals surface area (Å²) < 4.78 is 29.9. The first-order chi connectivity index (χ1) is 48.4. The van der Waals surface area contributed by atoms with E-state index >= 15 is 23.6 Å². The molecule has 101 heavy (non-hydrogen) atoms. The number of carbonyl (C=O) groups is 11. The van der Waals surface area contributed by atoms with E-state index in [1.165, 1.54) is 77.5 Å². The number of allylic oxidation sites excluding steroid dienone is 1. The number of nitrogens with two attached hydrogens (primary N) is 2. The lowest BCUT2D eigenvalue weighted by Gasteiger charge is -2.37. The maximum atomic E-state index is 15.3. The first-order valence-corrected chi connectivity index (χ1v) is 35.9. The highest BCUT2D eigenvalue weighted by atomic mass is 32.2. The summed E-state index contributed by atoms with van der Waals surface area (Å²) in [4.78, 5) is 169. The van der Waals surface area contributed by atoms with Crippen molar-refractivity contribution >= 4 is 105 Å². The molecule has 14 N–H and O–H groups in total. The van der Waals surface area contributed by atoms with Gasteiger partial charge in [0.05, 0.1) is 30.7 Å². The van der Waals surface area contributed by atoms with Gasteiger partial charge in [0.15, 0.2) is 5.78 Å². The molecule has 9 rings (SSSR count). The van der Waals surface area contributed by atoms with Crippen LogP contribution in [0.3, 0.4) is 0 Å². The third kappa shape index (κ3) is 20.9. The Morgan fingerprint density at radius 1 is 0.713 bits per heavy atom. The summed E-state index contributed by atoms with van der Waals surface area (Å²) in [6.07, 6.45) is 5.34. The van der Waals surface area contributed by atoms with Gasteiger partial charge in [-0.05, 0) is 128 Å². The third-order valence-electron chi connectivity index (χ3n) is 18.3. The van der Waals surface area contributed by atoms with Crippen molar-refractivity contribution < 1.29 is 66.6 Å². The van der Waals surface area contributed by atoms with E-state index in [0.29, 0.717) is 87.5 Å². The second-order valence-corrected chi connectivity index (χ2v) is 28.1. The minimum absolute atomic E-state index is 0.0267. The lowest BCUT2D eigenvalue weighted by molar-refractivity contribution is -0.146. The number of hydrogen-bond acceptors (Lipinski definition) is 15. The molecule has 536 valence electrons. The van der Waals surface area contributed by atoms with Crippen LogP contribution in [0, 0.1) is 24.5 Å². The number of aliphatic carboxylic acids is 1. The van der Waals surface area contributed by atoms with Crippen molar-refractivity contribution in [2.24, 2.45) is 17.4 Å². The lowest BCUT2D eigenvalue weighted by Crippen LogP contribution is -2.61. The number of primary amides is 1. The summed E-state index contributed by atoms with van der Waals surface area (Å²) in [5, 5.41) is 29.2. The van der Waals surface area contributed by atoms with Crippen LogP contribution in [0.25, 0.3) is 16.5 Å². The van der Waals surface area contributed by atoms with Crippen molar-refractivity contribution in [1.82, 2.24) is 57.1 Å². The number of nitrogens with one attached hydrogen (secondary N) is 9. The van der Waals surface area contributed by atoms with Gasteiger partial charge in [0.1, 0.15) is 47.9 Å². The number of nitrogens with zero attached hydrogens (tertiary/aromatic N) is 2. The molecule has 9 amide bonds. The fraction of sp³-hybridized carbons (Fsp3) is 0.417. The van der Waals surface area contributed by atoms with E-state index in [-0.39, 0.29) is 63.7 Å². The van der Waals surface area contributed by atoms with Crippen LogP contribution in [0.4, 0.5) is 8.78 Å². The van der Waals surface area contributed by atoms with Crippen molar-refractivity contribution in [3.05, 3.63) is 166 Å². The second kappa shape index (κ2) is 35.5. The first kappa shape index (κ1) is 75.5. The highest BCUT2D eigenvalue weighted by Gasteiger charge is 2.48. The predicted molar refractivity (Wildman–Crippen MR) is 377 cm³/mol. The summed E-state index contributed by atoms with van der Waals surface area (Å²) in [6, 6.07) is 13.4. The number of carbonyl (C=O) groups excluding carboxylic acids is 10. The van der Waals surface area contributed by atoms with E-state index in [1.54, 1.807) is 31.2 Å². The Bertz CT molecular complexity index is 4080. The molecule has 3 aliphatic rings. The Morgan fingerprint density at radius 2 is 1.39 bits per heavy atom. The quantitative estimate of drug-likeness (QED) is 0.0642. The largest absolute Gasteiger partial charge is 0.481 e. The molecule has 0 radical (unpaired) electrons. The Morgan fingerprint density at radius 3 is 2.10 bits per heavy atom. The Labute approximate surface area is 590 Å². The summed E-state index contributed by atoms with van der Waals surface area (Å²) in [5.41, 5.74) is 16.2. The molecule has 6 aromatic rings. The summed E-state index contributed by atoms with van der Waals surface area (Å²) in [5.74, 6) is -10.4. The Hall–Kier alpha value is -9.74. The zero-order valence-electron chi connectivity index (χ0n) is 56.1. The SMILES string of the molecule is Cc1cccc(C[C@@H]2NC(=O)[C@H](Cc3cnc[nH]3)NC(=O)[C@H](CC(=O)O)NC(=O)[C@H](CC3=CCc4ccc(F)cc43)NC(=O)[C@H](Cc3c[nH]c4ccc(F)cc34)NC(=O)CNC(=O)[C@H](CCCCN)NC(=O)CCSCc3cccc(c3)CSC[C@@H](C(N)=O)CC(=O)[C@]3(C)CCCN3C2=O)c1. The highest BCUT2D eigenvalue weighted by molar-refractivity contribution is 7.98. The van der Waals surface area contributed by atoms with Crippen LogP contribution in [0.1, 0.15) is 109 Å². The fourth-order valence-corrected chi connectivity index (χ4v) is 14.8. The summed E-state index contributed by atoms with van der Waals surface area (Å²) >= 11 is 2.89. The summed E-state index contributed by atoms with van der Waals surface area (Å²) in [7, 11) is 0. The summed E-state index contributed by atoms with van der Waals surface area (Å²) in [6.45, 7) is 3.14. The predicted octanol–water partition coefficient (Wildman–Crippen LogP) is 4.18. The molecule has 1 aliphatic carbocycles. The molecule has 2 aromatic heterocycles. The molecular weight excluding hydrogens is 1340 g/mol. The van der Waals surface area contributed by atoms with E-state index in [4.69, 9.17) is 11.5 Å². The van der Waals surface area contributed by atoms with Gasteiger partial charge in [-0.1, -0.05) is 66.2 Å². The van der Waals surface area contributed by atoms with E-state index in [0.717, 1.165) is 16.7 Å². The van der Waals surface area contributed by atoms with Gasteiger partial charge in [0.25, 0.3) is 0 Å². The number of halogens is 2. The number of hydrogen-bond donors (Lipinski definition) is 12. The molecule has 0 saturated carbocycles. The number of Topliss-reactive ketones (excluding diaryl/α,β-unsaturated/α-hetero) is 1. The topological polar surface area (TPSA) is 392 Å². The second-order valence-electron chi connectivity index (χ2n) is 25.9. The average molecular weight is 1430 g/mol. The van der Waals surface area contributed by atoms with Crippen LogP contribution < -0.4 is 48.7 Å². The molecule has 2 aliphatic heterocycles. The van der Waals surface area contributed by atoms with Gasteiger partial charge in [0.2, 0.25) is 53.2 Å².